The summed E-state index contributed by atoms with van der Waals surface area (Å²) in [5.41, 5.74) is 0. The van der Waals surface area contributed by atoms with Gasteiger partial charge in [0.2, 0.25) is 11.0 Å². The molecule has 2 heterocycles. The van der Waals surface area contributed by atoms with E-state index in [4.69, 9.17) is 4.74 Å². The van der Waals surface area contributed by atoms with E-state index in [1.54, 1.807) is 18.4 Å². The Kier molecular flexibility index (Phi) is 5.69. The molecule has 0 atom stereocenters. The summed E-state index contributed by atoms with van der Waals surface area (Å²) in [4.78, 5) is 16.1. The standard InChI is InChI=1S/C12H21N5O2S/c1-10-14-15-12(20-10)17-6-4-16(5-7-17)9-11(18)13-3-8-19-2/h3-9H2,1-2H3,(H,13,18). The Hall–Kier alpha value is -1.25. The van der Waals surface area contributed by atoms with Crippen molar-refractivity contribution < 1.29 is 9.53 Å². The molecule has 1 fully saturated rings. The molecule has 1 aliphatic rings. The van der Waals surface area contributed by atoms with Gasteiger partial charge in [-0.15, -0.1) is 10.2 Å². The molecule has 1 saturated heterocycles. The van der Waals surface area contributed by atoms with E-state index >= 15 is 0 Å². The van der Waals surface area contributed by atoms with Gasteiger partial charge in [0, 0.05) is 39.8 Å². The Morgan fingerprint density at radius 2 is 2.10 bits per heavy atom. The summed E-state index contributed by atoms with van der Waals surface area (Å²) in [6.45, 7) is 7.05. The number of hydrogen-bond acceptors (Lipinski definition) is 7. The minimum absolute atomic E-state index is 0.0576. The van der Waals surface area contributed by atoms with Crippen molar-refractivity contribution in [1.29, 1.82) is 0 Å². The predicted octanol–water partition coefficient (Wildman–Crippen LogP) is -0.269. The molecule has 7 nitrogen and oxygen atoms in total. The molecule has 0 spiro atoms. The van der Waals surface area contributed by atoms with Crippen LogP contribution in [0, 0.1) is 6.92 Å². The van der Waals surface area contributed by atoms with Crippen molar-refractivity contribution in [2.75, 3.05) is 57.9 Å². The Morgan fingerprint density at radius 3 is 2.70 bits per heavy atom. The molecule has 0 saturated carbocycles. The van der Waals surface area contributed by atoms with Crippen molar-refractivity contribution in [3.8, 4) is 0 Å². The SMILES string of the molecule is COCCNC(=O)CN1CCN(c2nnc(C)s2)CC1. The third-order valence-corrected chi connectivity index (χ3v) is 4.05. The number of nitrogens with one attached hydrogen (secondary N) is 1. The number of aromatic nitrogens is 2. The van der Waals surface area contributed by atoms with Gasteiger partial charge in [0.1, 0.15) is 5.01 Å². The first-order valence-electron chi connectivity index (χ1n) is 6.72. The zero-order valence-corrected chi connectivity index (χ0v) is 12.8. The van der Waals surface area contributed by atoms with E-state index in [0.29, 0.717) is 19.7 Å². The smallest absolute Gasteiger partial charge is 0.234 e. The van der Waals surface area contributed by atoms with Crippen molar-refractivity contribution in [2.24, 2.45) is 0 Å². The van der Waals surface area contributed by atoms with Crippen LogP contribution in [0.1, 0.15) is 5.01 Å². The van der Waals surface area contributed by atoms with Crippen LogP contribution in [0.2, 0.25) is 0 Å². The van der Waals surface area contributed by atoms with Crippen LogP contribution in [-0.4, -0.2) is 74.0 Å². The number of aryl methyl sites for hydroxylation is 1. The maximum absolute atomic E-state index is 11.7. The Balaban J connectivity index is 1.70. The topological polar surface area (TPSA) is 70.6 Å². The van der Waals surface area contributed by atoms with E-state index in [0.717, 1.165) is 36.3 Å². The van der Waals surface area contributed by atoms with Gasteiger partial charge in [-0.1, -0.05) is 11.3 Å². The van der Waals surface area contributed by atoms with Gasteiger partial charge >= 0.3 is 0 Å². The van der Waals surface area contributed by atoms with E-state index in [9.17, 15) is 4.79 Å². The van der Waals surface area contributed by atoms with Crippen LogP contribution >= 0.6 is 11.3 Å². The average molecular weight is 299 g/mol. The summed E-state index contributed by atoms with van der Waals surface area (Å²) in [6, 6.07) is 0. The van der Waals surface area contributed by atoms with Crippen LogP contribution in [-0.2, 0) is 9.53 Å². The van der Waals surface area contributed by atoms with Gasteiger partial charge in [0.15, 0.2) is 0 Å². The highest BCUT2D eigenvalue weighted by molar-refractivity contribution is 7.15. The Labute approximate surface area is 122 Å². The molecule has 2 rings (SSSR count). The molecule has 1 aromatic rings. The number of hydrogen-bond donors (Lipinski definition) is 1. The van der Waals surface area contributed by atoms with Gasteiger partial charge in [-0.05, 0) is 6.92 Å². The van der Waals surface area contributed by atoms with Crippen molar-refractivity contribution in [2.45, 2.75) is 6.92 Å². The molecule has 0 bridgehead atoms. The van der Waals surface area contributed by atoms with E-state index in [1.807, 2.05) is 6.92 Å². The summed E-state index contributed by atoms with van der Waals surface area (Å²) in [7, 11) is 1.63. The highest BCUT2D eigenvalue weighted by Crippen LogP contribution is 2.20. The fraction of sp³-hybridized carbons (Fsp3) is 0.750. The van der Waals surface area contributed by atoms with E-state index in [2.05, 4.69) is 25.3 Å². The molecule has 1 amide bonds. The summed E-state index contributed by atoms with van der Waals surface area (Å²) >= 11 is 1.61. The van der Waals surface area contributed by atoms with Gasteiger partial charge in [-0.3, -0.25) is 9.69 Å². The lowest BCUT2D eigenvalue weighted by Gasteiger charge is -2.33. The predicted molar refractivity (Wildman–Crippen MR) is 78.2 cm³/mol. The number of amides is 1. The molecule has 8 heteroatoms. The molecule has 0 aromatic carbocycles. The fourth-order valence-electron chi connectivity index (χ4n) is 2.06. The summed E-state index contributed by atoms with van der Waals surface area (Å²) in [6.07, 6.45) is 0. The molecule has 112 valence electrons. The first-order valence-corrected chi connectivity index (χ1v) is 7.53. The molecular formula is C12H21N5O2S. The van der Waals surface area contributed by atoms with Crippen LogP contribution in [0.3, 0.4) is 0 Å². The summed E-state index contributed by atoms with van der Waals surface area (Å²) in [5, 5.41) is 13.0. The van der Waals surface area contributed by atoms with Crippen molar-refractivity contribution in [3.05, 3.63) is 5.01 Å². The second-order valence-electron chi connectivity index (χ2n) is 4.71. The second-order valence-corrected chi connectivity index (χ2v) is 5.87. The fourth-order valence-corrected chi connectivity index (χ4v) is 2.80. The monoisotopic (exact) mass is 299 g/mol. The van der Waals surface area contributed by atoms with Crippen LogP contribution in [0.5, 0.6) is 0 Å². The number of nitrogens with zero attached hydrogens (tertiary/aromatic N) is 4. The average Bonchev–Trinajstić information content (AvgIpc) is 2.86. The lowest BCUT2D eigenvalue weighted by Crippen LogP contribution is -2.49. The van der Waals surface area contributed by atoms with Gasteiger partial charge in [-0.25, -0.2) is 0 Å². The maximum atomic E-state index is 11.7. The molecule has 0 unspecified atom stereocenters. The Bertz CT molecular complexity index is 431. The zero-order chi connectivity index (χ0) is 14.4. The van der Waals surface area contributed by atoms with E-state index < -0.39 is 0 Å². The largest absolute Gasteiger partial charge is 0.383 e. The highest BCUT2D eigenvalue weighted by Gasteiger charge is 2.20. The minimum Gasteiger partial charge on any atom is -0.383 e. The number of rotatable bonds is 6. The molecule has 0 aliphatic carbocycles. The third-order valence-electron chi connectivity index (χ3n) is 3.15. The first kappa shape index (κ1) is 15.1. The van der Waals surface area contributed by atoms with Crippen LogP contribution in [0.4, 0.5) is 5.13 Å². The summed E-state index contributed by atoms with van der Waals surface area (Å²) in [5.74, 6) is 0.0576. The van der Waals surface area contributed by atoms with Crippen molar-refractivity contribution >= 4 is 22.4 Å². The molecule has 0 radical (unpaired) electrons. The van der Waals surface area contributed by atoms with E-state index in [1.165, 1.54) is 0 Å². The lowest BCUT2D eigenvalue weighted by atomic mass is 10.3. The van der Waals surface area contributed by atoms with Gasteiger partial charge < -0.3 is 15.0 Å². The quantitative estimate of drug-likeness (QED) is 0.729. The Morgan fingerprint density at radius 1 is 1.35 bits per heavy atom. The van der Waals surface area contributed by atoms with Crippen LogP contribution < -0.4 is 10.2 Å². The highest BCUT2D eigenvalue weighted by atomic mass is 32.1. The number of carbonyl (C=O) groups excluding carboxylic acids is 1. The number of methoxy groups -OCH3 is 1. The van der Waals surface area contributed by atoms with Gasteiger partial charge in [0.05, 0.1) is 13.2 Å². The summed E-state index contributed by atoms with van der Waals surface area (Å²) < 4.78 is 4.90. The number of anilines is 1. The number of ether oxygens (including phenoxy) is 1. The molecular weight excluding hydrogens is 278 g/mol. The normalized spacial score (nSPS) is 16.4. The van der Waals surface area contributed by atoms with Gasteiger partial charge in [-0.2, -0.15) is 0 Å². The molecule has 1 aromatic heterocycles. The van der Waals surface area contributed by atoms with Gasteiger partial charge in [0.25, 0.3) is 0 Å². The minimum atomic E-state index is 0.0576. The van der Waals surface area contributed by atoms with E-state index in [-0.39, 0.29) is 5.91 Å². The molecule has 1 N–H and O–H groups in total. The van der Waals surface area contributed by atoms with Crippen LogP contribution in [0.25, 0.3) is 0 Å². The number of carbonyl (C=O) groups is 1. The van der Waals surface area contributed by atoms with Crippen LogP contribution in [0.15, 0.2) is 0 Å². The first-order chi connectivity index (χ1) is 9.69. The third kappa shape index (κ3) is 4.39. The second kappa shape index (κ2) is 7.51. The van der Waals surface area contributed by atoms with Crippen molar-refractivity contribution in [3.63, 3.8) is 0 Å². The molecule has 20 heavy (non-hydrogen) atoms. The number of piperazine rings is 1. The van der Waals surface area contributed by atoms with Crippen molar-refractivity contribution in [1.82, 2.24) is 20.4 Å². The lowest BCUT2D eigenvalue weighted by molar-refractivity contribution is -0.122. The molecule has 1 aliphatic heterocycles. The maximum Gasteiger partial charge on any atom is 0.234 e. The zero-order valence-electron chi connectivity index (χ0n) is 12.0.